The molecule has 33 heavy (non-hydrogen) atoms. The minimum atomic E-state index is -0.923. The lowest BCUT2D eigenvalue weighted by atomic mass is 10.0. The summed E-state index contributed by atoms with van der Waals surface area (Å²) in [6.07, 6.45) is 1.72. The monoisotopic (exact) mass is 450 g/mol. The van der Waals surface area contributed by atoms with Gasteiger partial charge in [0.15, 0.2) is 0 Å². The Kier molecular flexibility index (Phi) is 8.07. The van der Waals surface area contributed by atoms with Crippen LogP contribution in [0.1, 0.15) is 31.4 Å². The van der Waals surface area contributed by atoms with Crippen molar-refractivity contribution in [3.05, 3.63) is 71.9 Å². The summed E-state index contributed by atoms with van der Waals surface area (Å²) in [5.41, 5.74) is 8.22. The first-order valence-corrected chi connectivity index (χ1v) is 11.0. The van der Waals surface area contributed by atoms with Crippen LogP contribution in [0, 0.1) is 5.92 Å². The molecule has 0 bridgehead atoms. The van der Waals surface area contributed by atoms with Crippen molar-refractivity contribution in [2.45, 2.75) is 45.4 Å². The zero-order valence-electron chi connectivity index (χ0n) is 18.8. The van der Waals surface area contributed by atoms with Gasteiger partial charge in [0.2, 0.25) is 11.8 Å². The first-order chi connectivity index (χ1) is 15.8. The van der Waals surface area contributed by atoms with E-state index in [2.05, 4.69) is 15.6 Å². The molecule has 2 aromatic carbocycles. The zero-order valence-corrected chi connectivity index (χ0v) is 18.8. The first-order valence-electron chi connectivity index (χ1n) is 11.0. The lowest BCUT2D eigenvalue weighted by Crippen LogP contribution is -2.54. The number of benzene rings is 2. The van der Waals surface area contributed by atoms with Crippen molar-refractivity contribution in [3.8, 4) is 0 Å². The molecule has 0 spiro atoms. The molecule has 3 amide bonds. The molecule has 0 saturated carbocycles. The normalized spacial score (nSPS) is 12.8. The number of ether oxygens (including phenoxy) is 1. The zero-order chi connectivity index (χ0) is 23.8. The number of aromatic amines is 1. The van der Waals surface area contributed by atoms with Gasteiger partial charge in [-0.1, -0.05) is 62.4 Å². The van der Waals surface area contributed by atoms with Gasteiger partial charge in [0.05, 0.1) is 0 Å². The Morgan fingerprint density at radius 3 is 2.36 bits per heavy atom. The topological polar surface area (TPSA) is 126 Å². The van der Waals surface area contributed by atoms with Crippen LogP contribution >= 0.6 is 0 Å². The van der Waals surface area contributed by atoms with Gasteiger partial charge in [-0.25, -0.2) is 4.79 Å². The molecule has 1 heterocycles. The third kappa shape index (κ3) is 6.83. The molecule has 0 aliphatic rings. The summed E-state index contributed by atoms with van der Waals surface area (Å²) in [5, 5.41) is 6.28. The summed E-state index contributed by atoms with van der Waals surface area (Å²) in [6, 6.07) is 15.2. The quantitative estimate of drug-likeness (QED) is 0.379. The van der Waals surface area contributed by atoms with Crippen LogP contribution in [0.3, 0.4) is 0 Å². The van der Waals surface area contributed by atoms with Crippen LogP contribution in [0.4, 0.5) is 4.79 Å². The molecule has 3 aromatic rings. The third-order valence-corrected chi connectivity index (χ3v) is 5.29. The second-order valence-corrected chi connectivity index (χ2v) is 8.42. The summed E-state index contributed by atoms with van der Waals surface area (Å²) < 4.78 is 5.25. The summed E-state index contributed by atoms with van der Waals surface area (Å²) in [4.78, 5) is 40.6. The van der Waals surface area contributed by atoms with Crippen molar-refractivity contribution in [2.24, 2.45) is 11.7 Å². The fraction of sp³-hybridized carbons (Fsp3) is 0.320. The van der Waals surface area contributed by atoms with Crippen molar-refractivity contribution >= 4 is 28.8 Å². The summed E-state index contributed by atoms with van der Waals surface area (Å²) in [7, 11) is 0. The molecule has 1 aromatic heterocycles. The van der Waals surface area contributed by atoms with Crippen LogP contribution in [0.25, 0.3) is 10.9 Å². The average Bonchev–Trinajstić information content (AvgIpc) is 3.20. The van der Waals surface area contributed by atoms with Crippen LogP contribution in [0.15, 0.2) is 60.8 Å². The molecule has 0 aliphatic heterocycles. The van der Waals surface area contributed by atoms with Gasteiger partial charge in [-0.15, -0.1) is 0 Å². The number of hydrogen-bond acceptors (Lipinski definition) is 4. The molecular weight excluding hydrogens is 420 g/mol. The van der Waals surface area contributed by atoms with Gasteiger partial charge in [-0.2, -0.15) is 0 Å². The number of carbonyl (C=O) groups excluding carboxylic acids is 3. The maximum absolute atomic E-state index is 13.0. The number of primary amides is 1. The van der Waals surface area contributed by atoms with Gasteiger partial charge in [0, 0.05) is 23.5 Å². The number of fused-ring (bicyclic) bond motifs is 1. The van der Waals surface area contributed by atoms with Crippen LogP contribution in [0.2, 0.25) is 0 Å². The Labute approximate surface area is 192 Å². The summed E-state index contributed by atoms with van der Waals surface area (Å²) >= 11 is 0. The third-order valence-electron chi connectivity index (χ3n) is 5.29. The number of carbonyl (C=O) groups is 3. The van der Waals surface area contributed by atoms with Crippen molar-refractivity contribution in [3.63, 3.8) is 0 Å². The Morgan fingerprint density at radius 2 is 1.67 bits per heavy atom. The Balaban J connectivity index is 1.65. The lowest BCUT2D eigenvalue weighted by molar-refractivity contribution is -0.128. The van der Waals surface area contributed by atoms with Crippen LogP contribution in [-0.2, 0) is 27.4 Å². The van der Waals surface area contributed by atoms with E-state index in [9.17, 15) is 14.4 Å². The van der Waals surface area contributed by atoms with E-state index in [0.29, 0.717) is 6.42 Å². The van der Waals surface area contributed by atoms with Gasteiger partial charge in [-0.05, 0) is 29.5 Å². The molecule has 0 fully saturated rings. The number of para-hydroxylation sites is 1. The molecular formula is C25H30N4O4. The number of amides is 3. The van der Waals surface area contributed by atoms with Crippen molar-refractivity contribution in [2.75, 3.05) is 0 Å². The molecule has 0 radical (unpaired) electrons. The highest BCUT2D eigenvalue weighted by Crippen LogP contribution is 2.19. The molecule has 2 atom stereocenters. The predicted octanol–water partition coefficient (Wildman–Crippen LogP) is 3.02. The van der Waals surface area contributed by atoms with Crippen molar-refractivity contribution in [1.29, 1.82) is 0 Å². The molecule has 0 saturated heterocycles. The number of rotatable bonds is 10. The van der Waals surface area contributed by atoms with E-state index in [-0.39, 0.29) is 18.9 Å². The number of alkyl carbamates (subject to hydrolysis) is 1. The van der Waals surface area contributed by atoms with Gasteiger partial charge in [-0.3, -0.25) is 9.59 Å². The second kappa shape index (κ2) is 11.2. The SMILES string of the molecule is CC(C)C[C@H](NC(=O)OCc1ccccc1)C(=O)N[C@@H](Cc1c[nH]c2ccccc12)C(N)=O. The van der Waals surface area contributed by atoms with E-state index < -0.39 is 30.0 Å². The molecule has 3 rings (SSSR count). The highest BCUT2D eigenvalue weighted by molar-refractivity contribution is 5.91. The average molecular weight is 451 g/mol. The van der Waals surface area contributed by atoms with E-state index in [0.717, 1.165) is 22.0 Å². The smallest absolute Gasteiger partial charge is 0.408 e. The fourth-order valence-electron chi connectivity index (χ4n) is 3.63. The standard InChI is InChI=1S/C25H30N4O4/c1-16(2)12-22(29-25(32)33-15-17-8-4-3-5-9-17)24(31)28-21(23(26)30)13-18-14-27-20-11-7-6-10-19(18)20/h3-11,14,16,21-22,27H,12-13,15H2,1-2H3,(H2,26,30)(H,28,31)(H,29,32)/t21-,22-/m0/s1. The Hall–Kier alpha value is -3.81. The minimum Gasteiger partial charge on any atom is -0.445 e. The maximum atomic E-state index is 13.0. The van der Waals surface area contributed by atoms with Gasteiger partial charge >= 0.3 is 6.09 Å². The van der Waals surface area contributed by atoms with Crippen LogP contribution in [0.5, 0.6) is 0 Å². The van der Waals surface area contributed by atoms with Crippen LogP contribution < -0.4 is 16.4 Å². The predicted molar refractivity (Wildman–Crippen MR) is 126 cm³/mol. The Morgan fingerprint density at radius 1 is 0.970 bits per heavy atom. The van der Waals surface area contributed by atoms with Gasteiger partial charge < -0.3 is 26.1 Å². The largest absolute Gasteiger partial charge is 0.445 e. The number of H-pyrrole nitrogens is 1. The number of hydrogen-bond donors (Lipinski definition) is 4. The van der Waals surface area contributed by atoms with E-state index in [1.165, 1.54) is 0 Å². The van der Waals surface area contributed by atoms with E-state index in [4.69, 9.17) is 10.5 Å². The molecule has 8 heteroatoms. The number of nitrogens with one attached hydrogen (secondary N) is 3. The highest BCUT2D eigenvalue weighted by atomic mass is 16.5. The summed E-state index contributed by atoms with van der Waals surface area (Å²) in [5.74, 6) is -1.01. The lowest BCUT2D eigenvalue weighted by Gasteiger charge is -2.23. The molecule has 0 unspecified atom stereocenters. The molecule has 0 aliphatic carbocycles. The van der Waals surface area contributed by atoms with Crippen molar-refractivity contribution < 1.29 is 19.1 Å². The Bertz CT molecular complexity index is 1090. The van der Waals surface area contributed by atoms with E-state index in [1.807, 2.05) is 68.4 Å². The van der Waals surface area contributed by atoms with Gasteiger partial charge in [0.25, 0.3) is 0 Å². The first kappa shape index (κ1) is 23.8. The molecule has 8 nitrogen and oxygen atoms in total. The number of nitrogens with two attached hydrogens (primary N) is 1. The fourth-order valence-corrected chi connectivity index (χ4v) is 3.63. The second-order valence-electron chi connectivity index (χ2n) is 8.42. The molecule has 174 valence electrons. The van der Waals surface area contributed by atoms with Crippen molar-refractivity contribution in [1.82, 2.24) is 15.6 Å². The number of aromatic nitrogens is 1. The van der Waals surface area contributed by atoms with E-state index in [1.54, 1.807) is 6.20 Å². The van der Waals surface area contributed by atoms with Gasteiger partial charge in [0.1, 0.15) is 18.7 Å². The summed E-state index contributed by atoms with van der Waals surface area (Å²) in [6.45, 7) is 3.97. The minimum absolute atomic E-state index is 0.0904. The van der Waals surface area contributed by atoms with Crippen LogP contribution in [-0.4, -0.2) is 35.0 Å². The maximum Gasteiger partial charge on any atom is 0.408 e. The van der Waals surface area contributed by atoms with E-state index >= 15 is 0 Å². The molecule has 5 N–H and O–H groups in total. The highest BCUT2D eigenvalue weighted by Gasteiger charge is 2.27.